The van der Waals surface area contributed by atoms with Gasteiger partial charge in [-0.25, -0.2) is 4.98 Å². The molecule has 3 aromatic rings. The van der Waals surface area contributed by atoms with Crippen LogP contribution in [0.3, 0.4) is 0 Å². The van der Waals surface area contributed by atoms with Crippen LogP contribution in [-0.2, 0) is 5.88 Å². The SMILES string of the molecule is COc1ccc2nc(CCl)n(-c3ccc(Cl)cc3Br)c2c1. The van der Waals surface area contributed by atoms with Crippen LogP contribution in [0.1, 0.15) is 5.82 Å². The largest absolute Gasteiger partial charge is 0.497 e. The Hall–Kier alpha value is -1.23. The molecule has 0 fully saturated rings. The Morgan fingerprint density at radius 3 is 2.71 bits per heavy atom. The number of methoxy groups -OCH3 is 1. The predicted molar refractivity (Wildman–Crippen MR) is 89.9 cm³/mol. The molecule has 0 saturated heterocycles. The minimum atomic E-state index is 0.312. The molecule has 3 nitrogen and oxygen atoms in total. The van der Waals surface area contributed by atoms with Gasteiger partial charge in [-0.15, -0.1) is 11.6 Å². The van der Waals surface area contributed by atoms with E-state index >= 15 is 0 Å². The summed E-state index contributed by atoms with van der Waals surface area (Å²) in [5.74, 6) is 1.85. The molecule has 0 atom stereocenters. The first-order chi connectivity index (χ1) is 10.1. The van der Waals surface area contributed by atoms with Gasteiger partial charge in [0.15, 0.2) is 0 Å². The van der Waals surface area contributed by atoms with E-state index in [1.165, 1.54) is 0 Å². The lowest BCUT2D eigenvalue weighted by Gasteiger charge is -2.11. The molecule has 0 aliphatic rings. The Balaban J connectivity index is 2.33. The molecule has 0 aliphatic heterocycles. The summed E-state index contributed by atoms with van der Waals surface area (Å²) >= 11 is 15.6. The standard InChI is InChI=1S/C15H11BrCl2N2O/c1-21-10-3-4-12-14(7-10)20(15(8-17)19-12)13-5-2-9(18)6-11(13)16/h2-7H,8H2,1H3. The number of benzene rings is 2. The molecule has 1 aromatic heterocycles. The van der Waals surface area contributed by atoms with E-state index in [-0.39, 0.29) is 0 Å². The third-order valence-electron chi connectivity index (χ3n) is 3.20. The van der Waals surface area contributed by atoms with Crippen molar-refractivity contribution >= 4 is 50.2 Å². The van der Waals surface area contributed by atoms with Gasteiger partial charge in [-0.2, -0.15) is 0 Å². The van der Waals surface area contributed by atoms with Crippen LogP contribution in [-0.4, -0.2) is 16.7 Å². The lowest BCUT2D eigenvalue weighted by atomic mass is 10.2. The Bertz CT molecular complexity index is 817. The molecule has 108 valence electrons. The molecule has 0 unspecified atom stereocenters. The summed E-state index contributed by atoms with van der Waals surface area (Å²) in [4.78, 5) is 4.57. The maximum Gasteiger partial charge on any atom is 0.129 e. The van der Waals surface area contributed by atoms with E-state index in [0.717, 1.165) is 32.8 Å². The number of nitrogens with zero attached hydrogens (tertiary/aromatic N) is 2. The predicted octanol–water partition coefficient (Wildman–Crippen LogP) is 5.19. The van der Waals surface area contributed by atoms with Gasteiger partial charge >= 0.3 is 0 Å². The highest BCUT2D eigenvalue weighted by Crippen LogP contribution is 2.31. The van der Waals surface area contributed by atoms with E-state index in [1.54, 1.807) is 7.11 Å². The number of rotatable bonds is 3. The third kappa shape index (κ3) is 2.63. The van der Waals surface area contributed by atoms with Gasteiger partial charge in [0.25, 0.3) is 0 Å². The van der Waals surface area contributed by atoms with Crippen molar-refractivity contribution in [1.82, 2.24) is 9.55 Å². The maximum absolute atomic E-state index is 6.05. The fourth-order valence-corrected chi connectivity index (χ4v) is 3.29. The van der Waals surface area contributed by atoms with Crippen molar-refractivity contribution in [1.29, 1.82) is 0 Å². The van der Waals surface area contributed by atoms with Gasteiger partial charge < -0.3 is 4.74 Å². The average molecular weight is 386 g/mol. The molecular formula is C15H11BrCl2N2O. The number of halogens is 3. The minimum Gasteiger partial charge on any atom is -0.497 e. The van der Waals surface area contributed by atoms with Crippen LogP contribution in [0.2, 0.25) is 5.02 Å². The topological polar surface area (TPSA) is 27.1 Å². The van der Waals surface area contributed by atoms with E-state index in [4.69, 9.17) is 27.9 Å². The van der Waals surface area contributed by atoms with Crippen LogP contribution in [0.4, 0.5) is 0 Å². The molecule has 1 heterocycles. The Morgan fingerprint density at radius 1 is 1.24 bits per heavy atom. The van der Waals surface area contributed by atoms with Crippen molar-refractivity contribution in [2.24, 2.45) is 0 Å². The molecule has 0 aliphatic carbocycles. The fourth-order valence-electron chi connectivity index (χ4n) is 2.25. The van der Waals surface area contributed by atoms with Gasteiger partial charge in [0, 0.05) is 15.6 Å². The molecule has 0 amide bonds. The van der Waals surface area contributed by atoms with Gasteiger partial charge in [-0.3, -0.25) is 4.57 Å². The highest BCUT2D eigenvalue weighted by Gasteiger charge is 2.14. The summed E-state index contributed by atoms with van der Waals surface area (Å²) in [6, 6.07) is 11.4. The van der Waals surface area contributed by atoms with Crippen LogP contribution >= 0.6 is 39.1 Å². The van der Waals surface area contributed by atoms with Crippen molar-refractivity contribution in [3.05, 3.63) is 51.7 Å². The second kappa shape index (κ2) is 5.87. The minimum absolute atomic E-state index is 0.312. The van der Waals surface area contributed by atoms with Crippen LogP contribution in [0.15, 0.2) is 40.9 Å². The second-order valence-electron chi connectivity index (χ2n) is 4.45. The Morgan fingerprint density at radius 2 is 2.05 bits per heavy atom. The van der Waals surface area contributed by atoms with E-state index < -0.39 is 0 Å². The molecular weight excluding hydrogens is 375 g/mol. The molecule has 2 aromatic carbocycles. The van der Waals surface area contributed by atoms with Gasteiger partial charge in [0.2, 0.25) is 0 Å². The van der Waals surface area contributed by atoms with Crippen LogP contribution in [0, 0.1) is 0 Å². The molecule has 0 spiro atoms. The molecule has 0 N–H and O–H groups in total. The summed E-state index contributed by atoms with van der Waals surface area (Å²) in [5.41, 5.74) is 2.74. The lowest BCUT2D eigenvalue weighted by molar-refractivity contribution is 0.415. The summed E-state index contributed by atoms with van der Waals surface area (Å²) in [6.07, 6.45) is 0. The summed E-state index contributed by atoms with van der Waals surface area (Å²) < 4.78 is 8.18. The quantitative estimate of drug-likeness (QED) is 0.580. The number of ether oxygens (including phenoxy) is 1. The number of hydrogen-bond acceptors (Lipinski definition) is 2. The summed E-state index contributed by atoms with van der Waals surface area (Å²) in [7, 11) is 1.64. The fraction of sp³-hybridized carbons (Fsp3) is 0.133. The molecule has 6 heteroatoms. The molecule has 0 bridgehead atoms. The van der Waals surface area contributed by atoms with Gasteiger partial charge in [0.1, 0.15) is 11.6 Å². The van der Waals surface area contributed by atoms with E-state index in [1.807, 2.05) is 41.0 Å². The van der Waals surface area contributed by atoms with E-state index in [2.05, 4.69) is 20.9 Å². The normalized spacial score (nSPS) is 11.0. The number of imidazole rings is 1. The number of aromatic nitrogens is 2. The zero-order valence-electron chi connectivity index (χ0n) is 11.1. The van der Waals surface area contributed by atoms with Crippen molar-refractivity contribution in [2.45, 2.75) is 5.88 Å². The number of fused-ring (bicyclic) bond motifs is 1. The number of hydrogen-bond donors (Lipinski definition) is 0. The smallest absolute Gasteiger partial charge is 0.129 e. The van der Waals surface area contributed by atoms with Gasteiger partial charge in [-0.05, 0) is 46.3 Å². The first-order valence-corrected chi connectivity index (χ1v) is 7.91. The molecule has 0 saturated carbocycles. The highest BCUT2D eigenvalue weighted by molar-refractivity contribution is 9.10. The third-order valence-corrected chi connectivity index (χ3v) is 4.31. The zero-order chi connectivity index (χ0) is 15.0. The Labute approximate surface area is 140 Å². The monoisotopic (exact) mass is 384 g/mol. The van der Waals surface area contributed by atoms with Crippen LogP contribution in [0.5, 0.6) is 5.75 Å². The number of alkyl halides is 1. The van der Waals surface area contributed by atoms with Crippen molar-refractivity contribution in [2.75, 3.05) is 7.11 Å². The van der Waals surface area contributed by atoms with E-state index in [9.17, 15) is 0 Å². The zero-order valence-corrected chi connectivity index (χ0v) is 14.2. The molecule has 3 rings (SSSR count). The maximum atomic E-state index is 6.05. The van der Waals surface area contributed by atoms with Gasteiger partial charge in [0.05, 0.1) is 29.7 Å². The highest BCUT2D eigenvalue weighted by atomic mass is 79.9. The lowest BCUT2D eigenvalue weighted by Crippen LogP contribution is -2.00. The van der Waals surface area contributed by atoms with Gasteiger partial charge in [-0.1, -0.05) is 11.6 Å². The van der Waals surface area contributed by atoms with E-state index in [0.29, 0.717) is 10.9 Å². The molecule has 21 heavy (non-hydrogen) atoms. The van der Waals surface area contributed by atoms with Crippen molar-refractivity contribution < 1.29 is 4.74 Å². The van der Waals surface area contributed by atoms with Crippen LogP contribution < -0.4 is 4.74 Å². The summed E-state index contributed by atoms with van der Waals surface area (Å²) in [6.45, 7) is 0. The second-order valence-corrected chi connectivity index (χ2v) is 6.01. The molecule has 0 radical (unpaired) electrons. The van der Waals surface area contributed by atoms with Crippen LogP contribution in [0.25, 0.3) is 16.7 Å². The summed E-state index contributed by atoms with van der Waals surface area (Å²) in [5, 5.41) is 0.667. The van der Waals surface area contributed by atoms with Crippen molar-refractivity contribution in [3.63, 3.8) is 0 Å². The average Bonchev–Trinajstić information content (AvgIpc) is 2.84. The Kier molecular flexibility index (Phi) is 4.11. The first kappa shape index (κ1) is 14.7. The first-order valence-electron chi connectivity index (χ1n) is 6.21. The van der Waals surface area contributed by atoms with Crippen molar-refractivity contribution in [3.8, 4) is 11.4 Å².